The van der Waals surface area contributed by atoms with Crippen LogP contribution in [0.1, 0.15) is 39.0 Å². The monoisotopic (exact) mass is 312 g/mol. The number of methoxy groups -OCH3 is 1. The van der Waals surface area contributed by atoms with Crippen LogP contribution in [0.5, 0.6) is 5.75 Å². The van der Waals surface area contributed by atoms with E-state index < -0.39 is 10.0 Å². The first kappa shape index (κ1) is 16.1. The van der Waals surface area contributed by atoms with E-state index in [2.05, 4.69) is 4.72 Å². The van der Waals surface area contributed by atoms with Gasteiger partial charge in [0.05, 0.1) is 7.11 Å². The van der Waals surface area contributed by atoms with E-state index in [0.29, 0.717) is 11.6 Å². The molecule has 0 radical (unpaired) electrons. The van der Waals surface area contributed by atoms with E-state index in [1.807, 2.05) is 6.92 Å². The Kier molecular flexibility index (Phi) is 5.11. The molecule has 6 heteroatoms. The first-order chi connectivity index (χ1) is 9.94. The number of sulfonamides is 1. The van der Waals surface area contributed by atoms with Gasteiger partial charge >= 0.3 is 0 Å². The van der Waals surface area contributed by atoms with Crippen LogP contribution in [-0.2, 0) is 10.0 Å². The Morgan fingerprint density at radius 2 is 1.95 bits per heavy atom. The van der Waals surface area contributed by atoms with E-state index in [1.54, 1.807) is 6.07 Å². The molecule has 0 aliphatic heterocycles. The molecule has 118 valence electrons. The number of nitrogens with one attached hydrogen (secondary N) is 1. The summed E-state index contributed by atoms with van der Waals surface area (Å²) in [7, 11) is -2.16. The molecule has 1 aliphatic rings. The second-order valence-corrected chi connectivity index (χ2v) is 7.40. The number of ether oxygens (including phenoxy) is 1. The summed E-state index contributed by atoms with van der Waals surface area (Å²) in [5, 5.41) is 0. The van der Waals surface area contributed by atoms with E-state index in [9.17, 15) is 8.42 Å². The van der Waals surface area contributed by atoms with Crippen LogP contribution in [-0.4, -0.2) is 21.6 Å². The van der Waals surface area contributed by atoms with Gasteiger partial charge in [-0.3, -0.25) is 0 Å². The van der Waals surface area contributed by atoms with E-state index >= 15 is 0 Å². The van der Waals surface area contributed by atoms with Gasteiger partial charge in [-0.05, 0) is 37.8 Å². The van der Waals surface area contributed by atoms with Crippen LogP contribution in [0.2, 0.25) is 0 Å². The Balaban J connectivity index is 2.17. The minimum Gasteiger partial charge on any atom is -0.495 e. The molecular weight excluding hydrogens is 288 g/mol. The summed E-state index contributed by atoms with van der Waals surface area (Å²) >= 11 is 0. The predicted octanol–water partition coefficient (Wildman–Crippen LogP) is 2.52. The van der Waals surface area contributed by atoms with E-state index in [0.717, 1.165) is 12.8 Å². The molecule has 21 heavy (non-hydrogen) atoms. The molecule has 0 heterocycles. The van der Waals surface area contributed by atoms with Crippen molar-refractivity contribution >= 4 is 15.7 Å². The third kappa shape index (κ3) is 3.89. The highest BCUT2D eigenvalue weighted by Gasteiger charge is 2.27. The van der Waals surface area contributed by atoms with Crippen LogP contribution in [0.4, 0.5) is 5.69 Å². The van der Waals surface area contributed by atoms with Crippen LogP contribution >= 0.6 is 0 Å². The molecule has 2 rings (SSSR count). The summed E-state index contributed by atoms with van der Waals surface area (Å²) < 4.78 is 33.0. The Morgan fingerprint density at radius 1 is 1.29 bits per heavy atom. The molecule has 1 aromatic carbocycles. The molecule has 1 unspecified atom stereocenters. The van der Waals surface area contributed by atoms with Crippen molar-refractivity contribution in [1.29, 1.82) is 0 Å². The minimum absolute atomic E-state index is 0.0717. The van der Waals surface area contributed by atoms with Crippen molar-refractivity contribution in [2.24, 2.45) is 5.92 Å². The van der Waals surface area contributed by atoms with Crippen LogP contribution in [0.15, 0.2) is 23.1 Å². The molecule has 1 aromatic rings. The second kappa shape index (κ2) is 6.66. The van der Waals surface area contributed by atoms with Crippen molar-refractivity contribution in [2.45, 2.75) is 50.0 Å². The zero-order chi connectivity index (χ0) is 15.5. The zero-order valence-electron chi connectivity index (χ0n) is 12.6. The molecule has 1 fully saturated rings. The molecule has 0 saturated heterocycles. The van der Waals surface area contributed by atoms with Gasteiger partial charge in [-0.1, -0.05) is 19.3 Å². The number of nitrogen functional groups attached to an aromatic ring is 1. The van der Waals surface area contributed by atoms with Gasteiger partial charge in [0.25, 0.3) is 0 Å². The van der Waals surface area contributed by atoms with Gasteiger partial charge in [-0.2, -0.15) is 0 Å². The maximum absolute atomic E-state index is 12.5. The highest BCUT2D eigenvalue weighted by Crippen LogP contribution is 2.29. The van der Waals surface area contributed by atoms with Crippen molar-refractivity contribution in [3.63, 3.8) is 0 Å². The number of nitrogens with two attached hydrogens (primary N) is 1. The normalized spacial score (nSPS) is 18.4. The lowest BCUT2D eigenvalue weighted by molar-refractivity contribution is 0.302. The van der Waals surface area contributed by atoms with Gasteiger partial charge in [0.15, 0.2) is 0 Å². The molecule has 0 aromatic heterocycles. The highest BCUT2D eigenvalue weighted by atomic mass is 32.2. The van der Waals surface area contributed by atoms with Crippen molar-refractivity contribution in [3.8, 4) is 5.75 Å². The molecule has 1 saturated carbocycles. The molecule has 0 spiro atoms. The third-order valence-corrected chi connectivity index (χ3v) is 5.77. The highest BCUT2D eigenvalue weighted by molar-refractivity contribution is 7.89. The van der Waals surface area contributed by atoms with Gasteiger partial charge in [-0.25, -0.2) is 13.1 Å². The quantitative estimate of drug-likeness (QED) is 0.819. The van der Waals surface area contributed by atoms with E-state index in [-0.39, 0.29) is 16.7 Å². The lowest BCUT2D eigenvalue weighted by atomic mass is 9.85. The SMILES string of the molecule is COc1cc(N)ccc1S(=O)(=O)NC(C)C1CCCCC1. The van der Waals surface area contributed by atoms with Gasteiger partial charge < -0.3 is 10.5 Å². The maximum atomic E-state index is 12.5. The number of hydrogen-bond donors (Lipinski definition) is 2. The van der Waals surface area contributed by atoms with Crippen molar-refractivity contribution in [1.82, 2.24) is 4.72 Å². The fraction of sp³-hybridized carbons (Fsp3) is 0.600. The smallest absolute Gasteiger partial charge is 0.244 e. The molecular formula is C15H24N2O3S. The average Bonchev–Trinajstić information content (AvgIpc) is 2.47. The average molecular weight is 312 g/mol. The van der Waals surface area contributed by atoms with Crippen LogP contribution in [0.3, 0.4) is 0 Å². The Hall–Kier alpha value is -1.27. The summed E-state index contributed by atoms with van der Waals surface area (Å²) in [6.45, 7) is 1.94. The number of benzene rings is 1. The van der Waals surface area contributed by atoms with Gasteiger partial charge in [0, 0.05) is 17.8 Å². The van der Waals surface area contributed by atoms with Crippen LogP contribution in [0.25, 0.3) is 0 Å². The lowest BCUT2D eigenvalue weighted by Crippen LogP contribution is -2.38. The number of anilines is 1. The zero-order valence-corrected chi connectivity index (χ0v) is 13.4. The van der Waals surface area contributed by atoms with Crippen LogP contribution < -0.4 is 15.2 Å². The van der Waals surface area contributed by atoms with Gasteiger partial charge in [0.2, 0.25) is 10.0 Å². The van der Waals surface area contributed by atoms with E-state index in [4.69, 9.17) is 10.5 Å². The summed E-state index contributed by atoms with van der Waals surface area (Å²) in [5.74, 6) is 0.687. The van der Waals surface area contributed by atoms with Crippen molar-refractivity contribution in [2.75, 3.05) is 12.8 Å². The van der Waals surface area contributed by atoms with Gasteiger partial charge in [0.1, 0.15) is 10.6 Å². The second-order valence-electron chi connectivity index (χ2n) is 5.72. The first-order valence-corrected chi connectivity index (χ1v) is 8.88. The molecule has 0 bridgehead atoms. The fourth-order valence-corrected chi connectivity index (χ4v) is 4.41. The first-order valence-electron chi connectivity index (χ1n) is 7.40. The van der Waals surface area contributed by atoms with Crippen molar-refractivity contribution < 1.29 is 13.2 Å². The standard InChI is InChI=1S/C15H24N2O3S/c1-11(12-6-4-3-5-7-12)17-21(18,19)15-9-8-13(16)10-14(15)20-2/h8-12,17H,3-7,16H2,1-2H3. The predicted molar refractivity (Wildman–Crippen MR) is 83.8 cm³/mol. The lowest BCUT2D eigenvalue weighted by Gasteiger charge is -2.28. The molecule has 3 N–H and O–H groups in total. The third-order valence-electron chi connectivity index (χ3n) is 4.18. The minimum atomic E-state index is -3.60. The Bertz CT molecular complexity index is 581. The number of rotatable bonds is 5. The molecule has 1 atom stereocenters. The van der Waals surface area contributed by atoms with Crippen LogP contribution in [0, 0.1) is 5.92 Å². The van der Waals surface area contributed by atoms with Crippen molar-refractivity contribution in [3.05, 3.63) is 18.2 Å². The van der Waals surface area contributed by atoms with E-state index in [1.165, 1.54) is 38.5 Å². The maximum Gasteiger partial charge on any atom is 0.244 e. The fourth-order valence-electron chi connectivity index (χ4n) is 2.94. The largest absolute Gasteiger partial charge is 0.495 e. The molecule has 1 aliphatic carbocycles. The molecule has 0 amide bonds. The molecule has 5 nitrogen and oxygen atoms in total. The Morgan fingerprint density at radius 3 is 2.57 bits per heavy atom. The summed E-state index contributed by atoms with van der Waals surface area (Å²) in [5.41, 5.74) is 6.15. The Labute approximate surface area is 126 Å². The number of hydrogen-bond acceptors (Lipinski definition) is 4. The summed E-state index contributed by atoms with van der Waals surface area (Å²) in [6, 6.07) is 4.52. The summed E-state index contributed by atoms with van der Waals surface area (Å²) in [6.07, 6.45) is 5.79. The summed E-state index contributed by atoms with van der Waals surface area (Å²) in [4.78, 5) is 0.141. The van der Waals surface area contributed by atoms with Gasteiger partial charge in [-0.15, -0.1) is 0 Å². The topological polar surface area (TPSA) is 81.4 Å².